The maximum atomic E-state index is 12.7. The topological polar surface area (TPSA) is 75.7 Å². The van der Waals surface area contributed by atoms with E-state index in [-0.39, 0.29) is 17.2 Å². The second-order valence-corrected chi connectivity index (χ2v) is 7.82. The number of fused-ring (bicyclic) bond motifs is 1. The predicted molar refractivity (Wildman–Crippen MR) is 111 cm³/mol. The molecule has 1 aromatic carbocycles. The Morgan fingerprint density at radius 2 is 1.93 bits per heavy atom. The van der Waals surface area contributed by atoms with Gasteiger partial charge in [0.05, 0.1) is 11.4 Å². The maximum absolute atomic E-state index is 12.7. The third-order valence-electron chi connectivity index (χ3n) is 5.29. The molecule has 6 nitrogen and oxygen atoms in total. The van der Waals surface area contributed by atoms with Crippen LogP contribution in [0, 0.1) is 6.92 Å². The Morgan fingerprint density at radius 1 is 1.14 bits per heavy atom. The quantitative estimate of drug-likeness (QED) is 0.673. The second kappa shape index (κ2) is 8.43. The van der Waals surface area contributed by atoms with Crippen molar-refractivity contribution in [3.63, 3.8) is 0 Å². The van der Waals surface area contributed by atoms with Gasteiger partial charge in [-0.15, -0.1) is 0 Å². The van der Waals surface area contributed by atoms with Crippen molar-refractivity contribution in [1.82, 2.24) is 10.2 Å². The maximum Gasteiger partial charge on any atom is 0.287 e. The van der Waals surface area contributed by atoms with Gasteiger partial charge in [-0.05, 0) is 63.2 Å². The largest absolute Gasteiger partial charge is 0.465 e. The SMILES string of the molecule is Cc1ccc([C@H](CNC(=O)c2cc(=O)c3cc(Cl)ccc3o2)N2CCCCC2)o1. The van der Waals surface area contributed by atoms with E-state index in [2.05, 4.69) is 10.2 Å². The number of carbonyl (C=O) groups is 1. The summed E-state index contributed by atoms with van der Waals surface area (Å²) in [5, 5.41) is 3.71. The van der Waals surface area contributed by atoms with E-state index >= 15 is 0 Å². The number of nitrogens with one attached hydrogen (secondary N) is 1. The summed E-state index contributed by atoms with van der Waals surface area (Å²) < 4.78 is 11.5. The molecule has 0 aliphatic carbocycles. The Kier molecular flexibility index (Phi) is 5.74. The van der Waals surface area contributed by atoms with Gasteiger partial charge in [0.25, 0.3) is 5.91 Å². The van der Waals surface area contributed by atoms with E-state index in [0.29, 0.717) is 22.5 Å². The van der Waals surface area contributed by atoms with Crippen molar-refractivity contribution in [1.29, 1.82) is 0 Å². The van der Waals surface area contributed by atoms with Crippen LogP contribution in [0.4, 0.5) is 0 Å². The lowest BCUT2D eigenvalue weighted by atomic mass is 10.1. The van der Waals surface area contributed by atoms with Crippen LogP contribution in [0.15, 0.2) is 50.0 Å². The molecule has 0 unspecified atom stereocenters. The van der Waals surface area contributed by atoms with Crippen LogP contribution in [0.3, 0.4) is 0 Å². The van der Waals surface area contributed by atoms with Gasteiger partial charge in [0.2, 0.25) is 0 Å². The molecule has 0 spiro atoms. The lowest BCUT2D eigenvalue weighted by Gasteiger charge is -2.33. The highest BCUT2D eigenvalue weighted by Crippen LogP contribution is 2.26. The fourth-order valence-corrected chi connectivity index (χ4v) is 3.96. The zero-order valence-electron chi connectivity index (χ0n) is 16.2. The van der Waals surface area contributed by atoms with Gasteiger partial charge in [0.15, 0.2) is 11.2 Å². The summed E-state index contributed by atoms with van der Waals surface area (Å²) in [5.41, 5.74) is 0.0365. The Bertz CT molecular complexity index is 1080. The van der Waals surface area contributed by atoms with Crippen molar-refractivity contribution in [2.24, 2.45) is 0 Å². The third-order valence-corrected chi connectivity index (χ3v) is 5.53. The Morgan fingerprint density at radius 3 is 2.66 bits per heavy atom. The monoisotopic (exact) mass is 414 g/mol. The number of hydrogen-bond acceptors (Lipinski definition) is 5. The number of likely N-dealkylation sites (tertiary alicyclic amines) is 1. The first-order chi connectivity index (χ1) is 14.0. The van der Waals surface area contributed by atoms with E-state index in [1.54, 1.807) is 12.1 Å². The number of rotatable bonds is 5. The normalized spacial score (nSPS) is 16.1. The average Bonchev–Trinajstić information content (AvgIpc) is 3.15. The minimum Gasteiger partial charge on any atom is -0.465 e. The summed E-state index contributed by atoms with van der Waals surface area (Å²) in [7, 11) is 0. The second-order valence-electron chi connectivity index (χ2n) is 7.39. The molecule has 0 radical (unpaired) electrons. The van der Waals surface area contributed by atoms with Gasteiger partial charge in [-0.2, -0.15) is 0 Å². The van der Waals surface area contributed by atoms with E-state index in [0.717, 1.165) is 37.5 Å². The Balaban J connectivity index is 1.54. The van der Waals surface area contributed by atoms with Gasteiger partial charge in [-0.1, -0.05) is 18.0 Å². The van der Waals surface area contributed by atoms with Gasteiger partial charge in [-0.25, -0.2) is 0 Å². The smallest absolute Gasteiger partial charge is 0.287 e. The Hall–Kier alpha value is -2.57. The minimum absolute atomic E-state index is 0.0159. The third kappa shape index (κ3) is 4.38. The fourth-order valence-electron chi connectivity index (χ4n) is 3.79. The first-order valence-electron chi connectivity index (χ1n) is 9.83. The number of nitrogens with zero attached hydrogens (tertiary/aromatic N) is 1. The Labute approximate surface area is 173 Å². The molecule has 1 aliphatic heterocycles. The van der Waals surface area contributed by atoms with Crippen LogP contribution in [0.2, 0.25) is 5.02 Å². The van der Waals surface area contributed by atoms with Crippen LogP contribution in [-0.2, 0) is 0 Å². The summed E-state index contributed by atoms with van der Waals surface area (Å²) in [6, 6.07) is 9.80. The predicted octanol–water partition coefficient (Wildman–Crippen LogP) is 4.30. The van der Waals surface area contributed by atoms with Gasteiger partial charge < -0.3 is 14.2 Å². The summed E-state index contributed by atoms with van der Waals surface area (Å²) in [4.78, 5) is 27.4. The van der Waals surface area contributed by atoms with Crippen molar-refractivity contribution < 1.29 is 13.6 Å². The minimum atomic E-state index is -0.427. The lowest BCUT2D eigenvalue weighted by molar-refractivity contribution is 0.0887. The van der Waals surface area contributed by atoms with Crippen LogP contribution in [0.5, 0.6) is 0 Å². The van der Waals surface area contributed by atoms with Gasteiger partial charge >= 0.3 is 0 Å². The fraction of sp³-hybridized carbons (Fsp3) is 0.364. The van der Waals surface area contributed by atoms with Crippen molar-refractivity contribution in [2.45, 2.75) is 32.2 Å². The molecular weight excluding hydrogens is 392 g/mol. The molecule has 152 valence electrons. The van der Waals surface area contributed by atoms with Crippen molar-refractivity contribution in [2.75, 3.05) is 19.6 Å². The number of piperidine rings is 1. The van der Waals surface area contributed by atoms with E-state index in [1.807, 2.05) is 19.1 Å². The van der Waals surface area contributed by atoms with Crippen LogP contribution in [-0.4, -0.2) is 30.4 Å². The molecule has 1 amide bonds. The van der Waals surface area contributed by atoms with Crippen LogP contribution >= 0.6 is 11.6 Å². The number of amides is 1. The summed E-state index contributed by atoms with van der Waals surface area (Å²) in [6.45, 7) is 4.21. The highest BCUT2D eigenvalue weighted by Gasteiger charge is 2.26. The first kappa shape index (κ1) is 19.7. The average molecular weight is 415 g/mol. The van der Waals surface area contributed by atoms with Crippen molar-refractivity contribution in [3.05, 3.63) is 68.9 Å². The van der Waals surface area contributed by atoms with Crippen LogP contribution in [0.1, 0.15) is 47.4 Å². The van der Waals surface area contributed by atoms with Crippen LogP contribution < -0.4 is 10.7 Å². The molecule has 0 saturated carbocycles. The molecule has 1 atom stereocenters. The van der Waals surface area contributed by atoms with Crippen LogP contribution in [0.25, 0.3) is 11.0 Å². The molecule has 1 saturated heterocycles. The zero-order valence-corrected chi connectivity index (χ0v) is 17.0. The van der Waals surface area contributed by atoms with E-state index in [1.165, 1.54) is 18.6 Å². The van der Waals surface area contributed by atoms with E-state index in [9.17, 15) is 9.59 Å². The summed E-state index contributed by atoms with van der Waals surface area (Å²) in [6.07, 6.45) is 3.48. The summed E-state index contributed by atoms with van der Waals surface area (Å²) >= 11 is 5.94. The number of benzene rings is 1. The molecule has 3 aromatic rings. The highest BCUT2D eigenvalue weighted by atomic mass is 35.5. The van der Waals surface area contributed by atoms with Gasteiger partial charge in [0, 0.05) is 17.6 Å². The molecule has 1 fully saturated rings. The van der Waals surface area contributed by atoms with Crippen molar-refractivity contribution >= 4 is 28.5 Å². The highest BCUT2D eigenvalue weighted by molar-refractivity contribution is 6.31. The molecule has 2 aromatic heterocycles. The molecule has 1 N–H and O–H groups in total. The summed E-state index contributed by atoms with van der Waals surface area (Å²) in [5.74, 6) is 1.23. The standard InChI is InChI=1S/C22H23ClN2O4/c1-14-5-7-20(28-14)17(25-9-3-2-4-10-25)13-24-22(27)21-12-18(26)16-11-15(23)6-8-19(16)29-21/h5-8,11-12,17H,2-4,9-10,13H2,1H3,(H,24,27)/t17-/m0/s1. The van der Waals surface area contributed by atoms with E-state index < -0.39 is 5.91 Å². The van der Waals surface area contributed by atoms with Crippen molar-refractivity contribution in [3.8, 4) is 0 Å². The molecule has 0 bridgehead atoms. The molecule has 7 heteroatoms. The zero-order chi connectivity index (χ0) is 20.4. The van der Waals surface area contributed by atoms with E-state index in [4.69, 9.17) is 20.4 Å². The molecule has 4 rings (SSSR count). The molecule has 29 heavy (non-hydrogen) atoms. The lowest BCUT2D eigenvalue weighted by Crippen LogP contribution is -2.40. The number of carbonyl (C=O) groups excluding carboxylic acids is 1. The molecular formula is C22H23ClN2O4. The number of halogens is 1. The number of aryl methyl sites for hydroxylation is 1. The molecule has 3 heterocycles. The molecule has 1 aliphatic rings. The van der Waals surface area contributed by atoms with Gasteiger partial charge in [0.1, 0.15) is 17.1 Å². The first-order valence-corrected chi connectivity index (χ1v) is 10.2. The number of furan rings is 1. The van der Waals surface area contributed by atoms with Gasteiger partial charge in [-0.3, -0.25) is 14.5 Å². The number of hydrogen-bond donors (Lipinski definition) is 1.